The molecule has 2 heterocycles. The fourth-order valence-electron chi connectivity index (χ4n) is 2.69. The highest BCUT2D eigenvalue weighted by Gasteiger charge is 2.27. The van der Waals surface area contributed by atoms with Crippen LogP contribution in [0.2, 0.25) is 0 Å². The van der Waals surface area contributed by atoms with Crippen LogP contribution in [0.25, 0.3) is 0 Å². The minimum absolute atomic E-state index is 0.0106. The average molecular weight is 317 g/mol. The van der Waals surface area contributed by atoms with E-state index in [0.29, 0.717) is 32.4 Å². The van der Waals surface area contributed by atoms with Crippen LogP contribution in [-0.2, 0) is 15.0 Å². The number of piperidine rings is 1. The summed E-state index contributed by atoms with van der Waals surface area (Å²) in [6.07, 6.45) is 3.01. The monoisotopic (exact) mass is 317 g/mol. The Morgan fingerprint density at radius 2 is 2.14 bits per heavy atom. The standard InChI is InChI=1S/C14H20FNO4S/c1-11(13-3-2-8-20-13)9-14(17)16-6-4-12(5-7-16)10-21(15,18)19/h2-3,8,11-12H,4-7,9-10H2,1H3. The Morgan fingerprint density at radius 3 is 2.67 bits per heavy atom. The molecule has 5 nitrogen and oxygen atoms in total. The van der Waals surface area contributed by atoms with Gasteiger partial charge in [-0.15, -0.1) is 3.89 Å². The molecule has 0 spiro atoms. The Bertz CT molecular complexity index is 562. The zero-order valence-electron chi connectivity index (χ0n) is 12.0. The van der Waals surface area contributed by atoms with Crippen LogP contribution in [0.5, 0.6) is 0 Å². The normalized spacial score (nSPS) is 18.7. The molecule has 0 aromatic carbocycles. The number of hydrogen-bond donors (Lipinski definition) is 0. The Balaban J connectivity index is 1.80. The van der Waals surface area contributed by atoms with Crippen molar-refractivity contribution in [2.45, 2.75) is 32.1 Å². The number of furan rings is 1. The third kappa shape index (κ3) is 4.84. The fraction of sp³-hybridized carbons (Fsp3) is 0.643. The molecule has 1 fully saturated rings. The fourth-order valence-corrected chi connectivity index (χ4v) is 3.59. The summed E-state index contributed by atoms with van der Waals surface area (Å²) in [6, 6.07) is 3.63. The summed E-state index contributed by atoms with van der Waals surface area (Å²) in [5.74, 6) is 0.197. The number of amides is 1. The topological polar surface area (TPSA) is 67.6 Å². The number of carbonyl (C=O) groups excluding carboxylic acids is 1. The molecule has 1 unspecified atom stereocenters. The Hall–Kier alpha value is -1.37. The molecule has 0 radical (unpaired) electrons. The molecule has 0 saturated carbocycles. The molecule has 1 atom stereocenters. The van der Waals surface area contributed by atoms with Crippen molar-refractivity contribution in [2.75, 3.05) is 18.8 Å². The second-order valence-electron chi connectivity index (χ2n) is 5.65. The summed E-state index contributed by atoms with van der Waals surface area (Å²) in [5.41, 5.74) is 0. The SMILES string of the molecule is CC(CC(=O)N1CCC(CS(=O)(=O)F)CC1)c1ccco1. The van der Waals surface area contributed by atoms with Gasteiger partial charge in [-0.25, -0.2) is 0 Å². The second-order valence-corrected chi connectivity index (χ2v) is 7.06. The molecule has 1 aromatic rings. The van der Waals surface area contributed by atoms with Gasteiger partial charge in [0.05, 0.1) is 12.0 Å². The van der Waals surface area contributed by atoms with E-state index >= 15 is 0 Å². The first-order valence-electron chi connectivity index (χ1n) is 7.08. The van der Waals surface area contributed by atoms with Crippen molar-refractivity contribution in [3.05, 3.63) is 24.2 Å². The molecule has 1 aliphatic heterocycles. The van der Waals surface area contributed by atoms with Crippen molar-refractivity contribution in [1.29, 1.82) is 0 Å². The van der Waals surface area contributed by atoms with Gasteiger partial charge in [-0.2, -0.15) is 8.42 Å². The number of likely N-dealkylation sites (tertiary alicyclic amines) is 1. The molecule has 0 aliphatic carbocycles. The highest BCUT2D eigenvalue weighted by atomic mass is 32.3. The maximum Gasteiger partial charge on any atom is 0.302 e. The number of nitrogens with zero attached hydrogens (tertiary/aromatic N) is 1. The van der Waals surface area contributed by atoms with Crippen LogP contribution in [0, 0.1) is 5.92 Å². The van der Waals surface area contributed by atoms with E-state index in [4.69, 9.17) is 4.42 Å². The molecule has 21 heavy (non-hydrogen) atoms. The van der Waals surface area contributed by atoms with E-state index in [2.05, 4.69) is 0 Å². The van der Waals surface area contributed by atoms with Crippen LogP contribution < -0.4 is 0 Å². The van der Waals surface area contributed by atoms with E-state index < -0.39 is 16.0 Å². The highest BCUT2D eigenvalue weighted by molar-refractivity contribution is 7.86. The number of carbonyl (C=O) groups is 1. The first-order valence-corrected chi connectivity index (χ1v) is 8.64. The summed E-state index contributed by atoms with van der Waals surface area (Å²) in [7, 11) is -4.43. The third-order valence-corrected chi connectivity index (χ3v) is 4.78. The lowest BCUT2D eigenvalue weighted by atomic mass is 9.97. The van der Waals surface area contributed by atoms with Gasteiger partial charge in [0.1, 0.15) is 5.76 Å². The van der Waals surface area contributed by atoms with Gasteiger partial charge in [-0.1, -0.05) is 6.92 Å². The van der Waals surface area contributed by atoms with E-state index in [-0.39, 0.29) is 17.7 Å². The summed E-state index contributed by atoms with van der Waals surface area (Å²) < 4.78 is 39.2. The predicted molar refractivity (Wildman–Crippen MR) is 75.9 cm³/mol. The summed E-state index contributed by atoms with van der Waals surface area (Å²) in [6.45, 7) is 2.91. The lowest BCUT2D eigenvalue weighted by Crippen LogP contribution is -2.40. The lowest BCUT2D eigenvalue weighted by molar-refractivity contribution is -0.132. The Kier molecular flexibility index (Phi) is 5.03. The van der Waals surface area contributed by atoms with Crippen LogP contribution in [0.15, 0.2) is 22.8 Å². The molecular formula is C14H20FNO4S. The predicted octanol–water partition coefficient (Wildman–Crippen LogP) is 2.31. The summed E-state index contributed by atoms with van der Waals surface area (Å²) in [5, 5.41) is 0. The molecule has 7 heteroatoms. The molecular weight excluding hydrogens is 297 g/mol. The Labute approximate surface area is 124 Å². The highest BCUT2D eigenvalue weighted by Crippen LogP contribution is 2.24. The smallest absolute Gasteiger partial charge is 0.302 e. The van der Waals surface area contributed by atoms with Gasteiger partial charge >= 0.3 is 10.2 Å². The average Bonchev–Trinajstić information content (AvgIpc) is 2.91. The van der Waals surface area contributed by atoms with Gasteiger partial charge in [0.15, 0.2) is 0 Å². The van der Waals surface area contributed by atoms with Gasteiger partial charge in [0.25, 0.3) is 0 Å². The molecule has 1 amide bonds. The van der Waals surface area contributed by atoms with Crippen LogP contribution >= 0.6 is 0 Å². The van der Waals surface area contributed by atoms with Crippen LogP contribution in [0.3, 0.4) is 0 Å². The van der Waals surface area contributed by atoms with Crippen molar-refractivity contribution < 1.29 is 21.5 Å². The zero-order valence-corrected chi connectivity index (χ0v) is 12.8. The molecule has 1 aliphatic rings. The number of rotatable bonds is 5. The van der Waals surface area contributed by atoms with Crippen molar-refractivity contribution in [1.82, 2.24) is 4.90 Å². The number of hydrogen-bond acceptors (Lipinski definition) is 4. The van der Waals surface area contributed by atoms with Gasteiger partial charge in [-0.3, -0.25) is 4.79 Å². The van der Waals surface area contributed by atoms with E-state index in [1.54, 1.807) is 17.2 Å². The molecule has 0 bridgehead atoms. The van der Waals surface area contributed by atoms with E-state index in [0.717, 1.165) is 5.76 Å². The first-order chi connectivity index (χ1) is 9.85. The van der Waals surface area contributed by atoms with Gasteiger partial charge in [-0.05, 0) is 30.9 Å². The third-order valence-electron chi connectivity index (χ3n) is 3.91. The number of halogens is 1. The first kappa shape index (κ1) is 16.0. The van der Waals surface area contributed by atoms with E-state index in [1.165, 1.54) is 0 Å². The van der Waals surface area contributed by atoms with Gasteiger partial charge < -0.3 is 9.32 Å². The van der Waals surface area contributed by atoms with Crippen molar-refractivity contribution in [2.24, 2.45) is 5.92 Å². The maximum absolute atomic E-state index is 12.6. The van der Waals surface area contributed by atoms with Crippen molar-refractivity contribution in [3.8, 4) is 0 Å². The van der Waals surface area contributed by atoms with Crippen LogP contribution in [-0.4, -0.2) is 38.1 Å². The molecule has 1 aromatic heterocycles. The Morgan fingerprint density at radius 1 is 1.48 bits per heavy atom. The van der Waals surface area contributed by atoms with Crippen LogP contribution in [0.1, 0.15) is 37.9 Å². The second kappa shape index (κ2) is 6.60. The lowest BCUT2D eigenvalue weighted by Gasteiger charge is -2.31. The minimum atomic E-state index is -4.43. The van der Waals surface area contributed by atoms with E-state index in [9.17, 15) is 17.1 Å². The van der Waals surface area contributed by atoms with Crippen molar-refractivity contribution in [3.63, 3.8) is 0 Å². The largest absolute Gasteiger partial charge is 0.469 e. The zero-order chi connectivity index (χ0) is 15.5. The molecule has 118 valence electrons. The quantitative estimate of drug-likeness (QED) is 0.782. The van der Waals surface area contributed by atoms with Crippen molar-refractivity contribution >= 4 is 16.1 Å². The summed E-state index contributed by atoms with van der Waals surface area (Å²) >= 11 is 0. The summed E-state index contributed by atoms with van der Waals surface area (Å²) in [4.78, 5) is 13.9. The molecule has 1 saturated heterocycles. The van der Waals surface area contributed by atoms with E-state index in [1.807, 2.05) is 13.0 Å². The van der Waals surface area contributed by atoms with Crippen LogP contribution in [0.4, 0.5) is 3.89 Å². The minimum Gasteiger partial charge on any atom is -0.469 e. The van der Waals surface area contributed by atoms with Gasteiger partial charge in [0.2, 0.25) is 5.91 Å². The molecule has 2 rings (SSSR count). The van der Waals surface area contributed by atoms with Gasteiger partial charge in [0, 0.05) is 25.4 Å². The molecule has 0 N–H and O–H groups in total. The maximum atomic E-state index is 12.6.